The predicted molar refractivity (Wildman–Crippen MR) is 275 cm³/mol. The van der Waals surface area contributed by atoms with E-state index in [2.05, 4.69) is 57.2 Å². The summed E-state index contributed by atoms with van der Waals surface area (Å²) in [6.07, 6.45) is 62.7. The molecule has 6 heteroatoms. The number of esters is 3. The lowest BCUT2D eigenvalue weighted by Gasteiger charge is -2.18. The second kappa shape index (κ2) is 53.2. The van der Waals surface area contributed by atoms with Gasteiger partial charge in [-0.3, -0.25) is 14.4 Å². The van der Waals surface area contributed by atoms with Crippen molar-refractivity contribution >= 4 is 17.9 Å². The van der Waals surface area contributed by atoms with Gasteiger partial charge in [0.1, 0.15) is 13.2 Å². The van der Waals surface area contributed by atoms with Crippen molar-refractivity contribution in [1.29, 1.82) is 0 Å². The van der Waals surface area contributed by atoms with E-state index in [9.17, 15) is 14.4 Å². The second-order valence-corrected chi connectivity index (χ2v) is 18.8. The van der Waals surface area contributed by atoms with Gasteiger partial charge in [-0.15, -0.1) is 0 Å². The van der Waals surface area contributed by atoms with Crippen molar-refractivity contribution in [3.05, 3.63) is 36.5 Å². The van der Waals surface area contributed by atoms with E-state index in [4.69, 9.17) is 14.2 Å². The maximum absolute atomic E-state index is 12.8. The molecular weight excluding hydrogens is 793 g/mol. The van der Waals surface area contributed by atoms with E-state index in [0.717, 1.165) is 70.6 Å². The molecule has 0 heterocycles. The van der Waals surface area contributed by atoms with E-state index >= 15 is 0 Å². The SMILES string of the molecule is CCCC/C=C\CCCCCCCC(=O)OC[C@H](COC(=O)CCCCCCCCCCC/C=C\C/C=C\CCCCC)OC(=O)CCCCCCCCCCCCCCCCCC. The van der Waals surface area contributed by atoms with Crippen molar-refractivity contribution in [2.75, 3.05) is 13.2 Å². The first-order valence-electron chi connectivity index (χ1n) is 28.0. The van der Waals surface area contributed by atoms with Crippen molar-refractivity contribution in [2.45, 2.75) is 303 Å². The van der Waals surface area contributed by atoms with Gasteiger partial charge in [-0.25, -0.2) is 0 Å². The predicted octanol–water partition coefficient (Wildman–Crippen LogP) is 18.5. The normalized spacial score (nSPS) is 12.2. The fourth-order valence-electron chi connectivity index (χ4n) is 8.10. The van der Waals surface area contributed by atoms with Crippen molar-refractivity contribution < 1.29 is 28.6 Å². The Morgan fingerprint density at radius 2 is 0.578 bits per heavy atom. The highest BCUT2D eigenvalue weighted by molar-refractivity contribution is 5.71. The molecular formula is C58H106O6. The van der Waals surface area contributed by atoms with Gasteiger partial charge in [0.05, 0.1) is 0 Å². The van der Waals surface area contributed by atoms with Crippen LogP contribution >= 0.6 is 0 Å². The van der Waals surface area contributed by atoms with E-state index in [1.807, 2.05) is 0 Å². The van der Waals surface area contributed by atoms with E-state index in [0.29, 0.717) is 19.3 Å². The highest BCUT2D eigenvalue weighted by Gasteiger charge is 2.19. The molecule has 374 valence electrons. The summed E-state index contributed by atoms with van der Waals surface area (Å²) in [5, 5.41) is 0. The van der Waals surface area contributed by atoms with Crippen LogP contribution in [0.5, 0.6) is 0 Å². The number of unbranched alkanes of at least 4 members (excludes halogenated alkanes) is 34. The minimum absolute atomic E-state index is 0.0737. The molecule has 0 saturated heterocycles. The average Bonchev–Trinajstić information content (AvgIpc) is 3.29. The molecule has 0 bridgehead atoms. The topological polar surface area (TPSA) is 78.9 Å². The lowest BCUT2D eigenvalue weighted by atomic mass is 10.0. The molecule has 0 aromatic carbocycles. The molecule has 0 aromatic heterocycles. The minimum atomic E-state index is -0.773. The molecule has 0 unspecified atom stereocenters. The van der Waals surface area contributed by atoms with Crippen molar-refractivity contribution in [3.63, 3.8) is 0 Å². The standard InChI is InChI=1S/C58H106O6/c1-4-7-10-13-16-19-22-24-26-28-29-30-32-33-36-39-42-45-48-51-57(60)63-54-55(53-62-56(59)50-47-44-41-38-35-21-18-15-12-9-6-3)64-58(61)52-49-46-43-40-37-34-31-27-25-23-20-17-14-11-8-5-2/h15-16,18-19,24,26,55H,4-14,17,20-23,25,27-54H2,1-3H3/b18-15-,19-16-,26-24-/t55-/m1/s1. The van der Waals surface area contributed by atoms with Gasteiger partial charge >= 0.3 is 17.9 Å². The average molecular weight is 899 g/mol. The first kappa shape index (κ1) is 61.6. The maximum atomic E-state index is 12.8. The van der Waals surface area contributed by atoms with Crippen LogP contribution in [0.2, 0.25) is 0 Å². The Kier molecular flexibility index (Phi) is 51.3. The van der Waals surface area contributed by atoms with Gasteiger partial charge in [0, 0.05) is 19.3 Å². The summed E-state index contributed by atoms with van der Waals surface area (Å²) in [6, 6.07) is 0. The van der Waals surface area contributed by atoms with Crippen LogP contribution in [-0.4, -0.2) is 37.2 Å². The van der Waals surface area contributed by atoms with Crippen LogP contribution in [-0.2, 0) is 28.6 Å². The largest absolute Gasteiger partial charge is 0.462 e. The van der Waals surface area contributed by atoms with Crippen LogP contribution in [0.4, 0.5) is 0 Å². The molecule has 0 radical (unpaired) electrons. The zero-order valence-corrected chi connectivity index (χ0v) is 42.8. The molecule has 0 rings (SSSR count). The monoisotopic (exact) mass is 899 g/mol. The molecule has 0 aliphatic rings. The number of hydrogen-bond donors (Lipinski definition) is 0. The Morgan fingerprint density at radius 1 is 0.312 bits per heavy atom. The fraction of sp³-hybridized carbons (Fsp3) is 0.845. The van der Waals surface area contributed by atoms with Crippen molar-refractivity contribution in [2.24, 2.45) is 0 Å². The Balaban J connectivity index is 4.30. The van der Waals surface area contributed by atoms with Crippen LogP contribution in [0, 0.1) is 0 Å². The van der Waals surface area contributed by atoms with Gasteiger partial charge in [-0.2, -0.15) is 0 Å². The Hall–Kier alpha value is -2.37. The van der Waals surface area contributed by atoms with E-state index in [-0.39, 0.29) is 31.1 Å². The first-order valence-corrected chi connectivity index (χ1v) is 28.0. The molecule has 64 heavy (non-hydrogen) atoms. The van der Waals surface area contributed by atoms with Gasteiger partial charge in [-0.05, 0) is 70.6 Å². The van der Waals surface area contributed by atoms with Gasteiger partial charge < -0.3 is 14.2 Å². The molecule has 0 saturated carbocycles. The third-order valence-corrected chi connectivity index (χ3v) is 12.4. The van der Waals surface area contributed by atoms with Crippen LogP contribution < -0.4 is 0 Å². The molecule has 0 aliphatic heterocycles. The molecule has 0 fully saturated rings. The fourth-order valence-corrected chi connectivity index (χ4v) is 8.10. The van der Waals surface area contributed by atoms with E-state index < -0.39 is 6.10 Å². The zero-order chi connectivity index (χ0) is 46.5. The summed E-state index contributed by atoms with van der Waals surface area (Å²) in [5.74, 6) is -0.872. The molecule has 0 spiro atoms. The van der Waals surface area contributed by atoms with Crippen molar-refractivity contribution in [1.82, 2.24) is 0 Å². The third-order valence-electron chi connectivity index (χ3n) is 12.4. The second-order valence-electron chi connectivity index (χ2n) is 18.8. The minimum Gasteiger partial charge on any atom is -0.462 e. The van der Waals surface area contributed by atoms with Crippen LogP contribution in [0.25, 0.3) is 0 Å². The summed E-state index contributed by atoms with van der Waals surface area (Å²) in [4.78, 5) is 38.0. The first-order chi connectivity index (χ1) is 31.5. The third kappa shape index (κ3) is 50.6. The number of hydrogen-bond acceptors (Lipinski definition) is 6. The van der Waals surface area contributed by atoms with E-state index in [1.54, 1.807) is 0 Å². The van der Waals surface area contributed by atoms with Gasteiger partial charge in [0.25, 0.3) is 0 Å². The Labute approximate surface area is 397 Å². The maximum Gasteiger partial charge on any atom is 0.306 e. The summed E-state index contributed by atoms with van der Waals surface area (Å²) in [7, 11) is 0. The van der Waals surface area contributed by atoms with E-state index in [1.165, 1.54) is 186 Å². The summed E-state index contributed by atoms with van der Waals surface area (Å²) in [6.45, 7) is 6.60. The highest BCUT2D eigenvalue weighted by atomic mass is 16.6. The smallest absolute Gasteiger partial charge is 0.306 e. The molecule has 0 aliphatic carbocycles. The van der Waals surface area contributed by atoms with Crippen LogP contribution in [0.3, 0.4) is 0 Å². The molecule has 0 amide bonds. The number of ether oxygens (including phenoxy) is 3. The molecule has 6 nitrogen and oxygen atoms in total. The summed E-state index contributed by atoms with van der Waals surface area (Å²) < 4.78 is 16.8. The zero-order valence-electron chi connectivity index (χ0n) is 42.8. The quantitative estimate of drug-likeness (QED) is 0.0262. The summed E-state index contributed by atoms with van der Waals surface area (Å²) in [5.41, 5.74) is 0. The van der Waals surface area contributed by atoms with Crippen molar-refractivity contribution in [3.8, 4) is 0 Å². The lowest BCUT2D eigenvalue weighted by molar-refractivity contribution is -0.167. The van der Waals surface area contributed by atoms with Gasteiger partial charge in [-0.1, -0.05) is 243 Å². The van der Waals surface area contributed by atoms with Crippen LogP contribution in [0.1, 0.15) is 297 Å². The number of allylic oxidation sites excluding steroid dienone is 6. The number of carbonyl (C=O) groups is 3. The molecule has 1 atom stereocenters. The van der Waals surface area contributed by atoms with Gasteiger partial charge in [0.15, 0.2) is 6.10 Å². The highest BCUT2D eigenvalue weighted by Crippen LogP contribution is 2.16. The lowest BCUT2D eigenvalue weighted by Crippen LogP contribution is -2.30. The number of carbonyl (C=O) groups excluding carboxylic acids is 3. The number of rotatable bonds is 51. The Morgan fingerprint density at radius 3 is 0.953 bits per heavy atom. The summed E-state index contributed by atoms with van der Waals surface area (Å²) >= 11 is 0. The molecule has 0 N–H and O–H groups in total. The van der Waals surface area contributed by atoms with Crippen LogP contribution in [0.15, 0.2) is 36.5 Å². The Bertz CT molecular complexity index is 1080. The van der Waals surface area contributed by atoms with Gasteiger partial charge in [0.2, 0.25) is 0 Å². The molecule has 0 aromatic rings.